The van der Waals surface area contributed by atoms with Gasteiger partial charge in [-0.3, -0.25) is 0 Å². The molecule has 2 unspecified atom stereocenters. The molecule has 1 saturated carbocycles. The van der Waals surface area contributed by atoms with Gasteiger partial charge in [0.15, 0.2) is 0 Å². The van der Waals surface area contributed by atoms with Gasteiger partial charge in [0.05, 0.1) is 13.2 Å². The van der Waals surface area contributed by atoms with Crippen molar-refractivity contribution in [3.63, 3.8) is 0 Å². The van der Waals surface area contributed by atoms with Crippen molar-refractivity contribution in [1.29, 1.82) is 0 Å². The van der Waals surface area contributed by atoms with Crippen LogP contribution in [0.5, 0.6) is 5.75 Å². The third-order valence-corrected chi connectivity index (χ3v) is 4.09. The van der Waals surface area contributed by atoms with Crippen molar-refractivity contribution in [3.05, 3.63) is 29.3 Å². The molecule has 0 radical (unpaired) electrons. The van der Waals surface area contributed by atoms with Crippen molar-refractivity contribution < 1.29 is 9.84 Å². The third kappa shape index (κ3) is 3.53. The number of hydrogen-bond donors (Lipinski definition) is 2. The summed E-state index contributed by atoms with van der Waals surface area (Å²) in [4.78, 5) is 0. The molecule has 0 bridgehead atoms. The van der Waals surface area contributed by atoms with Crippen molar-refractivity contribution in [2.45, 2.75) is 64.1 Å². The summed E-state index contributed by atoms with van der Waals surface area (Å²) in [6.07, 6.45) is 2.85. The molecule has 112 valence electrons. The average molecular weight is 277 g/mol. The fraction of sp³-hybridized carbons (Fsp3) is 0.647. The molecule has 20 heavy (non-hydrogen) atoms. The highest BCUT2D eigenvalue weighted by atomic mass is 16.5. The summed E-state index contributed by atoms with van der Waals surface area (Å²) >= 11 is 0. The molecule has 0 aliphatic heterocycles. The molecule has 2 rings (SSSR count). The monoisotopic (exact) mass is 277 g/mol. The van der Waals surface area contributed by atoms with Crippen LogP contribution in [0.15, 0.2) is 18.2 Å². The zero-order valence-corrected chi connectivity index (χ0v) is 13.0. The Kier molecular flexibility index (Phi) is 5.06. The summed E-state index contributed by atoms with van der Waals surface area (Å²) < 4.78 is 5.43. The van der Waals surface area contributed by atoms with Crippen LogP contribution in [0.1, 0.15) is 63.2 Å². The largest absolute Gasteiger partial charge is 0.496 e. The SMILES string of the molecule is CCC(NC1CC1)C(O)c1cc(C(C)C)ccc1OC. The van der Waals surface area contributed by atoms with Crippen LogP contribution < -0.4 is 10.1 Å². The first-order chi connectivity index (χ1) is 9.56. The number of ether oxygens (including phenoxy) is 1. The third-order valence-electron chi connectivity index (χ3n) is 4.09. The topological polar surface area (TPSA) is 41.5 Å². The van der Waals surface area contributed by atoms with Crippen molar-refractivity contribution in [2.24, 2.45) is 0 Å². The van der Waals surface area contributed by atoms with Gasteiger partial charge < -0.3 is 15.2 Å². The van der Waals surface area contributed by atoms with E-state index in [-0.39, 0.29) is 6.04 Å². The number of hydrogen-bond acceptors (Lipinski definition) is 3. The quantitative estimate of drug-likeness (QED) is 0.803. The highest BCUT2D eigenvalue weighted by molar-refractivity contribution is 5.40. The summed E-state index contributed by atoms with van der Waals surface area (Å²) in [5, 5.41) is 14.3. The van der Waals surface area contributed by atoms with Crippen LogP contribution in [0.2, 0.25) is 0 Å². The first-order valence-corrected chi connectivity index (χ1v) is 7.68. The van der Waals surface area contributed by atoms with Gasteiger partial charge in [0, 0.05) is 17.6 Å². The zero-order chi connectivity index (χ0) is 14.7. The molecule has 1 fully saturated rings. The Morgan fingerprint density at radius 1 is 1.35 bits per heavy atom. The standard InChI is InChI=1S/C17H27NO2/c1-5-15(18-13-7-8-13)17(19)14-10-12(11(2)3)6-9-16(14)20-4/h6,9-11,13,15,17-19H,5,7-8H2,1-4H3. The fourth-order valence-electron chi connectivity index (χ4n) is 2.54. The summed E-state index contributed by atoms with van der Waals surface area (Å²) in [5.41, 5.74) is 2.14. The van der Waals surface area contributed by atoms with Gasteiger partial charge in [0.2, 0.25) is 0 Å². The highest BCUT2D eigenvalue weighted by Gasteiger charge is 2.29. The Morgan fingerprint density at radius 3 is 2.55 bits per heavy atom. The van der Waals surface area contributed by atoms with E-state index in [4.69, 9.17) is 4.74 Å². The Hall–Kier alpha value is -1.06. The highest BCUT2D eigenvalue weighted by Crippen LogP contribution is 2.32. The number of rotatable bonds is 7. The van der Waals surface area contributed by atoms with Crippen molar-refractivity contribution in [1.82, 2.24) is 5.32 Å². The number of aliphatic hydroxyl groups excluding tert-OH is 1. The van der Waals surface area contributed by atoms with Gasteiger partial charge >= 0.3 is 0 Å². The maximum absolute atomic E-state index is 10.7. The number of benzene rings is 1. The van der Waals surface area contributed by atoms with Gasteiger partial charge in [0.1, 0.15) is 5.75 Å². The molecule has 1 aliphatic rings. The lowest BCUT2D eigenvalue weighted by atomic mass is 9.94. The minimum Gasteiger partial charge on any atom is -0.496 e. The van der Waals surface area contributed by atoms with E-state index < -0.39 is 6.10 Å². The van der Waals surface area contributed by atoms with E-state index in [9.17, 15) is 5.11 Å². The lowest BCUT2D eigenvalue weighted by molar-refractivity contribution is 0.122. The predicted molar refractivity (Wildman–Crippen MR) is 82.3 cm³/mol. The van der Waals surface area contributed by atoms with Gasteiger partial charge in [-0.15, -0.1) is 0 Å². The van der Waals surface area contributed by atoms with E-state index in [1.54, 1.807) is 7.11 Å². The van der Waals surface area contributed by atoms with Crippen molar-refractivity contribution in [3.8, 4) is 5.75 Å². The molecule has 1 aromatic carbocycles. The Balaban J connectivity index is 2.24. The Labute approximate surface area is 122 Å². The van der Waals surface area contributed by atoms with Crippen LogP contribution in [0, 0.1) is 0 Å². The molecule has 0 amide bonds. The number of nitrogens with one attached hydrogen (secondary N) is 1. The second-order valence-corrected chi connectivity index (χ2v) is 6.06. The van der Waals surface area contributed by atoms with Crippen molar-refractivity contribution >= 4 is 0 Å². The van der Waals surface area contributed by atoms with Crippen LogP contribution in [0.4, 0.5) is 0 Å². The predicted octanol–water partition coefficient (Wildman–Crippen LogP) is 3.38. The molecule has 0 spiro atoms. The van der Waals surface area contributed by atoms with Crippen LogP contribution in [-0.2, 0) is 0 Å². The lowest BCUT2D eigenvalue weighted by Gasteiger charge is -2.25. The molecule has 3 nitrogen and oxygen atoms in total. The molecule has 0 aromatic heterocycles. The summed E-state index contributed by atoms with van der Waals surface area (Å²) in [7, 11) is 1.66. The molecule has 2 N–H and O–H groups in total. The van der Waals surface area contributed by atoms with E-state index in [1.807, 2.05) is 6.07 Å². The summed E-state index contributed by atoms with van der Waals surface area (Å²) in [6.45, 7) is 6.44. The smallest absolute Gasteiger partial charge is 0.124 e. The summed E-state index contributed by atoms with van der Waals surface area (Å²) in [6, 6.07) is 6.82. The van der Waals surface area contributed by atoms with Crippen molar-refractivity contribution in [2.75, 3.05) is 7.11 Å². The maximum atomic E-state index is 10.7. The van der Waals surface area contributed by atoms with Gasteiger partial charge in [-0.05, 0) is 42.9 Å². The van der Waals surface area contributed by atoms with Crippen LogP contribution in [0.25, 0.3) is 0 Å². The number of aliphatic hydroxyl groups is 1. The molecule has 3 heteroatoms. The van der Waals surface area contributed by atoms with Crippen LogP contribution in [-0.4, -0.2) is 24.3 Å². The van der Waals surface area contributed by atoms with Gasteiger partial charge in [-0.1, -0.05) is 26.8 Å². The molecule has 0 saturated heterocycles. The van der Waals surface area contributed by atoms with Gasteiger partial charge in [0.25, 0.3) is 0 Å². The van der Waals surface area contributed by atoms with E-state index in [0.717, 1.165) is 17.7 Å². The summed E-state index contributed by atoms with van der Waals surface area (Å²) in [5.74, 6) is 1.22. The molecule has 0 heterocycles. The normalized spacial score (nSPS) is 18.1. The fourth-order valence-corrected chi connectivity index (χ4v) is 2.54. The second-order valence-electron chi connectivity index (χ2n) is 6.06. The first-order valence-electron chi connectivity index (χ1n) is 7.68. The Morgan fingerprint density at radius 2 is 2.05 bits per heavy atom. The van der Waals surface area contributed by atoms with E-state index >= 15 is 0 Å². The van der Waals surface area contributed by atoms with Crippen LogP contribution >= 0.6 is 0 Å². The Bertz CT molecular complexity index is 441. The minimum absolute atomic E-state index is 0.0961. The minimum atomic E-state index is -0.519. The van der Waals surface area contributed by atoms with Gasteiger partial charge in [-0.25, -0.2) is 0 Å². The number of methoxy groups -OCH3 is 1. The van der Waals surface area contributed by atoms with Crippen LogP contribution in [0.3, 0.4) is 0 Å². The second kappa shape index (κ2) is 6.59. The van der Waals surface area contributed by atoms with E-state index in [2.05, 4.69) is 38.2 Å². The molecular weight excluding hydrogens is 250 g/mol. The first kappa shape index (κ1) is 15.3. The van der Waals surface area contributed by atoms with Gasteiger partial charge in [-0.2, -0.15) is 0 Å². The molecule has 1 aromatic rings. The van der Waals surface area contributed by atoms with E-state index in [1.165, 1.54) is 18.4 Å². The molecular formula is C17H27NO2. The maximum Gasteiger partial charge on any atom is 0.124 e. The average Bonchev–Trinajstić information content (AvgIpc) is 3.27. The molecule has 1 aliphatic carbocycles. The molecule has 2 atom stereocenters. The lowest BCUT2D eigenvalue weighted by Crippen LogP contribution is -2.36. The van der Waals surface area contributed by atoms with E-state index in [0.29, 0.717) is 12.0 Å². The zero-order valence-electron chi connectivity index (χ0n) is 13.0.